The molecule has 4 aromatic rings. The topological polar surface area (TPSA) is 79.5 Å². The lowest BCUT2D eigenvalue weighted by atomic mass is 9.95. The first-order valence-corrected chi connectivity index (χ1v) is 9.28. The van der Waals surface area contributed by atoms with E-state index in [1.54, 1.807) is 24.3 Å². The molecule has 1 aromatic heterocycles. The molecule has 2 N–H and O–H groups in total. The zero-order valence-electron chi connectivity index (χ0n) is 16.3. The van der Waals surface area contributed by atoms with Crippen LogP contribution < -0.4 is 5.32 Å². The maximum Gasteiger partial charge on any atom is 0.335 e. The Balaban J connectivity index is 1.97. The van der Waals surface area contributed by atoms with Crippen molar-refractivity contribution in [3.8, 4) is 22.5 Å². The van der Waals surface area contributed by atoms with Gasteiger partial charge < -0.3 is 14.8 Å². The van der Waals surface area contributed by atoms with Gasteiger partial charge in [-0.2, -0.15) is 0 Å². The number of furan rings is 1. The molecule has 0 saturated carbocycles. The second-order valence-electron chi connectivity index (χ2n) is 6.94. The molecule has 0 spiro atoms. The molecule has 150 valence electrons. The number of hydrogen-bond donors (Lipinski definition) is 2. The van der Waals surface area contributed by atoms with Crippen LogP contribution in [0.2, 0.25) is 0 Å². The average Bonchev–Trinajstić information content (AvgIpc) is 3.11. The maximum atomic E-state index is 13.4. The van der Waals surface area contributed by atoms with E-state index in [1.807, 2.05) is 25.1 Å². The summed E-state index contributed by atoms with van der Waals surface area (Å²) in [4.78, 5) is 24.1. The van der Waals surface area contributed by atoms with Crippen LogP contribution in [0, 0.1) is 12.7 Å². The highest BCUT2D eigenvalue weighted by molar-refractivity contribution is 6.12. The van der Waals surface area contributed by atoms with E-state index < -0.39 is 5.97 Å². The molecule has 0 radical (unpaired) electrons. The smallest absolute Gasteiger partial charge is 0.335 e. The summed E-state index contributed by atoms with van der Waals surface area (Å²) in [5, 5.41) is 12.5. The number of benzene rings is 3. The third-order valence-corrected chi connectivity index (χ3v) is 5.02. The highest BCUT2D eigenvalue weighted by Crippen LogP contribution is 2.37. The Labute approximate surface area is 171 Å². The third kappa shape index (κ3) is 3.33. The number of halogens is 1. The minimum Gasteiger partial charge on any atom is -0.478 e. The monoisotopic (exact) mass is 403 g/mol. The highest BCUT2D eigenvalue weighted by Gasteiger charge is 2.23. The van der Waals surface area contributed by atoms with Crippen molar-refractivity contribution in [2.24, 2.45) is 0 Å². The Morgan fingerprint density at radius 2 is 1.73 bits per heavy atom. The molecule has 1 amide bonds. The first-order chi connectivity index (χ1) is 14.4. The van der Waals surface area contributed by atoms with Crippen molar-refractivity contribution in [3.05, 3.63) is 83.2 Å². The predicted molar refractivity (Wildman–Crippen MR) is 112 cm³/mol. The van der Waals surface area contributed by atoms with E-state index in [-0.39, 0.29) is 17.3 Å². The number of nitrogens with one attached hydrogen (secondary N) is 1. The van der Waals surface area contributed by atoms with E-state index in [4.69, 9.17) is 4.42 Å². The molecule has 0 aliphatic rings. The quantitative estimate of drug-likeness (QED) is 0.486. The lowest BCUT2D eigenvalue weighted by Crippen LogP contribution is -2.18. The van der Waals surface area contributed by atoms with E-state index >= 15 is 0 Å². The van der Waals surface area contributed by atoms with Gasteiger partial charge in [0.1, 0.15) is 17.2 Å². The molecular formula is C24H18FNO4. The van der Waals surface area contributed by atoms with Gasteiger partial charge in [0.05, 0.1) is 11.1 Å². The predicted octanol–water partition coefficient (Wildman–Crippen LogP) is 5.27. The fraction of sp³-hybridized carbons (Fsp3) is 0.0833. The summed E-state index contributed by atoms with van der Waals surface area (Å²) < 4.78 is 19.4. The summed E-state index contributed by atoms with van der Waals surface area (Å²) in [7, 11) is 1.53. The van der Waals surface area contributed by atoms with Gasteiger partial charge >= 0.3 is 5.97 Å². The Bertz CT molecular complexity index is 1290. The third-order valence-electron chi connectivity index (χ3n) is 5.02. The molecule has 0 aliphatic heterocycles. The van der Waals surface area contributed by atoms with Gasteiger partial charge in [0, 0.05) is 18.0 Å². The number of aryl methyl sites for hydroxylation is 1. The van der Waals surface area contributed by atoms with Crippen LogP contribution in [-0.2, 0) is 0 Å². The molecule has 0 saturated heterocycles. The van der Waals surface area contributed by atoms with Gasteiger partial charge in [0.25, 0.3) is 5.91 Å². The van der Waals surface area contributed by atoms with Gasteiger partial charge in [-0.1, -0.05) is 12.1 Å². The summed E-state index contributed by atoms with van der Waals surface area (Å²) in [5.41, 5.74) is 4.01. The normalized spacial score (nSPS) is 10.9. The van der Waals surface area contributed by atoms with Crippen LogP contribution in [0.5, 0.6) is 0 Å². The Morgan fingerprint density at radius 3 is 2.40 bits per heavy atom. The number of carbonyl (C=O) groups is 2. The maximum absolute atomic E-state index is 13.4. The molecule has 0 bridgehead atoms. The molecular weight excluding hydrogens is 385 g/mol. The van der Waals surface area contributed by atoms with E-state index in [1.165, 1.54) is 25.2 Å². The average molecular weight is 403 g/mol. The minimum absolute atomic E-state index is 0.178. The van der Waals surface area contributed by atoms with Crippen molar-refractivity contribution < 1.29 is 23.5 Å². The second kappa shape index (κ2) is 7.48. The SMILES string of the molecule is CNC(=O)c1c(-c2ccc(F)cc2)oc2cc(C)c(-c3cccc(C(=O)O)c3)cc12. The van der Waals surface area contributed by atoms with Gasteiger partial charge in [0.2, 0.25) is 0 Å². The standard InChI is InChI=1S/C24H18FNO4/c1-13-10-20-19(12-18(13)15-4-3-5-16(11-15)24(28)29)21(23(27)26-2)22(30-20)14-6-8-17(25)9-7-14/h3-12H,1-2H3,(H,26,27)(H,28,29). The number of hydrogen-bond acceptors (Lipinski definition) is 3. The van der Waals surface area contributed by atoms with Crippen molar-refractivity contribution in [3.63, 3.8) is 0 Å². The molecule has 4 rings (SSSR count). The molecule has 0 fully saturated rings. The van der Waals surface area contributed by atoms with Crippen LogP contribution in [0.3, 0.4) is 0 Å². The van der Waals surface area contributed by atoms with Crippen molar-refractivity contribution in [1.29, 1.82) is 0 Å². The number of fused-ring (bicyclic) bond motifs is 1. The lowest BCUT2D eigenvalue weighted by Gasteiger charge is -2.08. The van der Waals surface area contributed by atoms with Crippen LogP contribution in [0.1, 0.15) is 26.3 Å². The van der Waals surface area contributed by atoms with E-state index in [9.17, 15) is 19.1 Å². The van der Waals surface area contributed by atoms with Crippen LogP contribution >= 0.6 is 0 Å². The summed E-state index contributed by atoms with van der Waals surface area (Å²) in [6, 6.07) is 16.0. The summed E-state index contributed by atoms with van der Waals surface area (Å²) >= 11 is 0. The van der Waals surface area contributed by atoms with Crippen molar-refractivity contribution in [2.45, 2.75) is 6.92 Å². The second-order valence-corrected chi connectivity index (χ2v) is 6.94. The number of carboxylic acid groups (broad SMARTS) is 1. The number of carboxylic acids is 1. The fourth-order valence-electron chi connectivity index (χ4n) is 3.53. The zero-order valence-corrected chi connectivity index (χ0v) is 16.3. The molecule has 0 aliphatic carbocycles. The number of amides is 1. The molecule has 3 aromatic carbocycles. The van der Waals surface area contributed by atoms with Crippen LogP contribution in [0.4, 0.5) is 4.39 Å². The minimum atomic E-state index is -1.01. The first-order valence-electron chi connectivity index (χ1n) is 9.28. The number of carbonyl (C=O) groups excluding carboxylic acids is 1. The Morgan fingerprint density at radius 1 is 1.00 bits per heavy atom. The first kappa shape index (κ1) is 19.4. The largest absolute Gasteiger partial charge is 0.478 e. The highest BCUT2D eigenvalue weighted by atomic mass is 19.1. The number of aromatic carboxylic acids is 1. The van der Waals surface area contributed by atoms with Crippen molar-refractivity contribution in [2.75, 3.05) is 7.05 Å². The fourth-order valence-corrected chi connectivity index (χ4v) is 3.53. The summed E-state index contributed by atoms with van der Waals surface area (Å²) in [6.45, 7) is 1.89. The Kier molecular flexibility index (Phi) is 4.83. The van der Waals surface area contributed by atoms with Crippen LogP contribution in [0.15, 0.2) is 65.1 Å². The number of rotatable bonds is 4. The summed E-state index contributed by atoms with van der Waals surface area (Å²) in [5.74, 6) is -1.38. The van der Waals surface area contributed by atoms with E-state index in [2.05, 4.69) is 5.32 Å². The van der Waals surface area contributed by atoms with Crippen molar-refractivity contribution in [1.82, 2.24) is 5.32 Å². The van der Waals surface area contributed by atoms with E-state index in [0.717, 1.165) is 16.7 Å². The van der Waals surface area contributed by atoms with Crippen LogP contribution in [0.25, 0.3) is 33.4 Å². The van der Waals surface area contributed by atoms with Gasteiger partial charge in [-0.25, -0.2) is 9.18 Å². The van der Waals surface area contributed by atoms with Gasteiger partial charge in [-0.3, -0.25) is 4.79 Å². The molecule has 1 heterocycles. The van der Waals surface area contributed by atoms with E-state index in [0.29, 0.717) is 27.9 Å². The lowest BCUT2D eigenvalue weighted by molar-refractivity contribution is 0.0696. The van der Waals surface area contributed by atoms with Crippen molar-refractivity contribution >= 4 is 22.8 Å². The van der Waals surface area contributed by atoms with Gasteiger partial charge in [0.15, 0.2) is 0 Å². The molecule has 0 unspecified atom stereocenters. The van der Waals surface area contributed by atoms with Crippen LogP contribution in [-0.4, -0.2) is 24.0 Å². The van der Waals surface area contributed by atoms with Gasteiger partial charge in [-0.05, 0) is 72.1 Å². The molecule has 30 heavy (non-hydrogen) atoms. The Hall–Kier alpha value is -3.93. The molecule has 0 atom stereocenters. The summed E-state index contributed by atoms with van der Waals surface area (Å²) in [6.07, 6.45) is 0. The molecule has 5 nitrogen and oxygen atoms in total. The van der Waals surface area contributed by atoms with Gasteiger partial charge in [-0.15, -0.1) is 0 Å². The zero-order chi connectivity index (χ0) is 21.4. The molecule has 6 heteroatoms.